The van der Waals surface area contributed by atoms with E-state index in [9.17, 15) is 4.79 Å². The maximum absolute atomic E-state index is 11.9. The molecule has 1 heterocycles. The van der Waals surface area contributed by atoms with Crippen molar-refractivity contribution in [1.29, 1.82) is 0 Å². The summed E-state index contributed by atoms with van der Waals surface area (Å²) in [4.78, 5) is 13.7. The molecular formula is C14H15NO3. The lowest BCUT2D eigenvalue weighted by Crippen LogP contribution is -2.31. The third-order valence-electron chi connectivity index (χ3n) is 3.13. The molecule has 1 aliphatic carbocycles. The summed E-state index contributed by atoms with van der Waals surface area (Å²) >= 11 is 0. The van der Waals surface area contributed by atoms with Crippen LogP contribution >= 0.6 is 0 Å². The summed E-state index contributed by atoms with van der Waals surface area (Å²) in [5, 5.41) is 0. The van der Waals surface area contributed by atoms with Gasteiger partial charge in [0.05, 0.1) is 0 Å². The number of rotatable bonds is 3. The van der Waals surface area contributed by atoms with Crippen LogP contribution in [0.15, 0.2) is 30.9 Å². The summed E-state index contributed by atoms with van der Waals surface area (Å²) in [6.45, 7) is 4.68. The number of carbonyl (C=O) groups is 1. The Bertz CT molecular complexity index is 494. The second-order valence-corrected chi connectivity index (χ2v) is 4.47. The minimum Gasteiger partial charge on any atom is -0.486 e. The fourth-order valence-corrected chi connectivity index (χ4v) is 2.13. The van der Waals surface area contributed by atoms with E-state index in [2.05, 4.69) is 6.58 Å². The first kappa shape index (κ1) is 11.1. The topological polar surface area (TPSA) is 38.8 Å². The normalized spacial score (nSPS) is 17.1. The van der Waals surface area contributed by atoms with E-state index in [1.165, 1.54) is 6.08 Å². The molecule has 0 radical (unpaired) electrons. The Balaban J connectivity index is 1.94. The Kier molecular flexibility index (Phi) is 2.70. The molecule has 1 saturated carbocycles. The molecule has 2 aliphatic rings. The van der Waals surface area contributed by atoms with Gasteiger partial charge < -0.3 is 14.4 Å². The summed E-state index contributed by atoms with van der Waals surface area (Å²) in [6.07, 6.45) is 3.46. The van der Waals surface area contributed by atoms with Gasteiger partial charge in [0.1, 0.15) is 13.2 Å². The highest BCUT2D eigenvalue weighted by Crippen LogP contribution is 2.38. The Morgan fingerprint density at radius 1 is 1.28 bits per heavy atom. The Labute approximate surface area is 106 Å². The van der Waals surface area contributed by atoms with Gasteiger partial charge in [0.25, 0.3) is 5.91 Å². The summed E-state index contributed by atoms with van der Waals surface area (Å²) in [6, 6.07) is 5.93. The smallest absolute Gasteiger partial charge is 0.250 e. The SMILES string of the molecule is C=CC(=O)N(c1ccc2c(c1)OCCO2)C1CC1. The van der Waals surface area contributed by atoms with E-state index in [1.54, 1.807) is 4.90 Å². The zero-order valence-electron chi connectivity index (χ0n) is 10.1. The Hall–Kier alpha value is -1.97. The van der Waals surface area contributed by atoms with Crippen molar-refractivity contribution in [3.05, 3.63) is 30.9 Å². The van der Waals surface area contributed by atoms with Crippen LogP contribution in [-0.2, 0) is 4.79 Å². The fourth-order valence-electron chi connectivity index (χ4n) is 2.13. The largest absolute Gasteiger partial charge is 0.486 e. The fraction of sp³-hybridized carbons (Fsp3) is 0.357. The van der Waals surface area contributed by atoms with Crippen molar-refractivity contribution in [2.75, 3.05) is 18.1 Å². The molecular weight excluding hydrogens is 230 g/mol. The van der Waals surface area contributed by atoms with Gasteiger partial charge >= 0.3 is 0 Å². The number of hydrogen-bond donors (Lipinski definition) is 0. The van der Waals surface area contributed by atoms with E-state index in [0.29, 0.717) is 25.0 Å². The zero-order chi connectivity index (χ0) is 12.5. The average Bonchev–Trinajstić information content (AvgIpc) is 3.23. The van der Waals surface area contributed by atoms with E-state index in [1.807, 2.05) is 18.2 Å². The molecule has 94 valence electrons. The van der Waals surface area contributed by atoms with Crippen molar-refractivity contribution in [2.24, 2.45) is 0 Å². The summed E-state index contributed by atoms with van der Waals surface area (Å²) in [5.74, 6) is 1.39. The molecule has 1 fully saturated rings. The van der Waals surface area contributed by atoms with Crippen molar-refractivity contribution in [2.45, 2.75) is 18.9 Å². The van der Waals surface area contributed by atoms with E-state index in [0.717, 1.165) is 24.3 Å². The molecule has 1 amide bonds. The third-order valence-corrected chi connectivity index (χ3v) is 3.13. The van der Waals surface area contributed by atoms with Crippen LogP contribution in [0.4, 0.5) is 5.69 Å². The molecule has 0 aromatic heterocycles. The van der Waals surface area contributed by atoms with Gasteiger partial charge in [-0.1, -0.05) is 6.58 Å². The molecule has 0 atom stereocenters. The molecule has 0 unspecified atom stereocenters. The number of amides is 1. The van der Waals surface area contributed by atoms with Crippen LogP contribution in [0.1, 0.15) is 12.8 Å². The van der Waals surface area contributed by atoms with E-state index < -0.39 is 0 Å². The van der Waals surface area contributed by atoms with Crippen molar-refractivity contribution < 1.29 is 14.3 Å². The molecule has 0 saturated heterocycles. The van der Waals surface area contributed by atoms with Gasteiger partial charge in [-0.2, -0.15) is 0 Å². The number of hydrogen-bond acceptors (Lipinski definition) is 3. The summed E-state index contributed by atoms with van der Waals surface area (Å²) in [5.41, 5.74) is 0.853. The van der Waals surface area contributed by atoms with Gasteiger partial charge in [0.15, 0.2) is 11.5 Å². The van der Waals surface area contributed by atoms with E-state index in [4.69, 9.17) is 9.47 Å². The summed E-state index contributed by atoms with van der Waals surface area (Å²) in [7, 11) is 0. The number of carbonyl (C=O) groups excluding carboxylic acids is 1. The lowest BCUT2D eigenvalue weighted by Gasteiger charge is -2.24. The van der Waals surface area contributed by atoms with E-state index >= 15 is 0 Å². The lowest BCUT2D eigenvalue weighted by atomic mass is 10.2. The molecule has 0 N–H and O–H groups in total. The first-order valence-electron chi connectivity index (χ1n) is 6.15. The maximum Gasteiger partial charge on any atom is 0.250 e. The first-order valence-corrected chi connectivity index (χ1v) is 6.15. The number of nitrogens with zero attached hydrogens (tertiary/aromatic N) is 1. The van der Waals surface area contributed by atoms with Crippen molar-refractivity contribution in [1.82, 2.24) is 0 Å². The molecule has 4 heteroatoms. The van der Waals surface area contributed by atoms with Gasteiger partial charge in [-0.15, -0.1) is 0 Å². The second kappa shape index (κ2) is 4.37. The predicted octanol–water partition coefficient (Wildman–Crippen LogP) is 2.14. The number of benzene rings is 1. The molecule has 0 bridgehead atoms. The first-order chi connectivity index (χ1) is 8.79. The highest BCUT2D eigenvalue weighted by molar-refractivity contribution is 6.02. The summed E-state index contributed by atoms with van der Waals surface area (Å²) < 4.78 is 11.0. The van der Waals surface area contributed by atoms with Gasteiger partial charge in [-0.25, -0.2) is 0 Å². The monoisotopic (exact) mass is 245 g/mol. The lowest BCUT2D eigenvalue weighted by molar-refractivity contribution is -0.114. The Morgan fingerprint density at radius 3 is 2.67 bits per heavy atom. The molecule has 4 nitrogen and oxygen atoms in total. The molecule has 1 aromatic rings. The standard InChI is InChI=1S/C14H15NO3/c1-2-14(16)15(10-3-4-10)11-5-6-12-13(9-11)18-8-7-17-12/h2,5-6,9-10H,1,3-4,7-8H2. The van der Waals surface area contributed by atoms with Crippen LogP contribution in [0.3, 0.4) is 0 Å². The minimum absolute atomic E-state index is 0.0609. The van der Waals surface area contributed by atoms with Crippen LogP contribution in [0.5, 0.6) is 11.5 Å². The van der Waals surface area contributed by atoms with Crippen LogP contribution in [-0.4, -0.2) is 25.2 Å². The minimum atomic E-state index is -0.0609. The molecule has 0 spiro atoms. The molecule has 1 aromatic carbocycles. The zero-order valence-corrected chi connectivity index (χ0v) is 10.1. The van der Waals surface area contributed by atoms with Crippen molar-refractivity contribution in [3.8, 4) is 11.5 Å². The van der Waals surface area contributed by atoms with Crippen LogP contribution in [0, 0.1) is 0 Å². The number of ether oxygens (including phenoxy) is 2. The van der Waals surface area contributed by atoms with Gasteiger partial charge in [-0.3, -0.25) is 4.79 Å². The van der Waals surface area contributed by atoms with Crippen LogP contribution in [0.2, 0.25) is 0 Å². The number of anilines is 1. The van der Waals surface area contributed by atoms with Crippen molar-refractivity contribution in [3.63, 3.8) is 0 Å². The quantitative estimate of drug-likeness (QED) is 0.766. The van der Waals surface area contributed by atoms with Gasteiger partial charge in [0, 0.05) is 17.8 Å². The highest BCUT2D eigenvalue weighted by atomic mass is 16.6. The van der Waals surface area contributed by atoms with Gasteiger partial charge in [-0.05, 0) is 31.1 Å². The molecule has 18 heavy (non-hydrogen) atoms. The maximum atomic E-state index is 11.9. The van der Waals surface area contributed by atoms with Crippen LogP contribution < -0.4 is 14.4 Å². The number of fused-ring (bicyclic) bond motifs is 1. The molecule has 1 aliphatic heterocycles. The Morgan fingerprint density at radius 2 is 2.00 bits per heavy atom. The highest BCUT2D eigenvalue weighted by Gasteiger charge is 2.33. The van der Waals surface area contributed by atoms with Gasteiger partial charge in [0.2, 0.25) is 0 Å². The average molecular weight is 245 g/mol. The van der Waals surface area contributed by atoms with Crippen molar-refractivity contribution >= 4 is 11.6 Å². The third kappa shape index (κ3) is 1.94. The van der Waals surface area contributed by atoms with E-state index in [-0.39, 0.29) is 5.91 Å². The van der Waals surface area contributed by atoms with Crippen LogP contribution in [0.25, 0.3) is 0 Å². The predicted molar refractivity (Wildman–Crippen MR) is 68.1 cm³/mol. The molecule has 3 rings (SSSR count). The second-order valence-electron chi connectivity index (χ2n) is 4.47.